The minimum absolute atomic E-state index is 0.615. The maximum absolute atomic E-state index is 2.30. The van der Waals surface area contributed by atoms with E-state index in [2.05, 4.69) is 169 Å². The zero-order valence-corrected chi connectivity index (χ0v) is 25.8. The molecular formula is C41H46. The smallest absolute Gasteiger partial charge is 0.0152 e. The van der Waals surface area contributed by atoms with E-state index in [-0.39, 0.29) is 0 Å². The maximum atomic E-state index is 2.30. The van der Waals surface area contributed by atoms with E-state index < -0.39 is 0 Å². The Bertz CT molecular complexity index is 1660. The second kappa shape index (κ2) is 14.6. The minimum atomic E-state index is 0.615. The van der Waals surface area contributed by atoms with E-state index in [1.165, 1.54) is 61.8 Å². The highest BCUT2D eigenvalue weighted by Crippen LogP contribution is 2.22. The molecule has 0 aliphatic heterocycles. The average molecular weight is 539 g/mol. The lowest BCUT2D eigenvalue weighted by molar-refractivity contribution is 0.648. The van der Waals surface area contributed by atoms with Gasteiger partial charge in [-0.1, -0.05) is 169 Å². The van der Waals surface area contributed by atoms with Crippen LogP contribution in [0.1, 0.15) is 64.2 Å². The van der Waals surface area contributed by atoms with Crippen LogP contribution in [0.15, 0.2) is 127 Å². The lowest BCUT2D eigenvalue weighted by Gasteiger charge is -2.08. The average Bonchev–Trinajstić information content (AvgIpc) is 2.97. The van der Waals surface area contributed by atoms with E-state index in [9.17, 15) is 0 Å². The second-order valence-corrected chi connectivity index (χ2v) is 12.3. The molecular weight excluding hydrogens is 492 g/mol. The highest BCUT2D eigenvalue weighted by molar-refractivity contribution is 5.86. The lowest BCUT2D eigenvalue weighted by Crippen LogP contribution is -1.94. The van der Waals surface area contributed by atoms with Gasteiger partial charge in [0.15, 0.2) is 0 Å². The number of fused-ring (bicyclic) bond motifs is 3. The van der Waals surface area contributed by atoms with Gasteiger partial charge in [-0.3, -0.25) is 0 Å². The van der Waals surface area contributed by atoms with Crippen LogP contribution in [0.4, 0.5) is 0 Å². The van der Waals surface area contributed by atoms with Gasteiger partial charge in [0.25, 0.3) is 0 Å². The molecule has 6 rings (SSSR count). The summed E-state index contributed by atoms with van der Waals surface area (Å²) in [6, 6.07) is 45.6. The standard InChI is InChI=1S/2C14H16.C13H14/c1-11(2)10-13-8-5-7-12-6-3-4-9-14(12)13;1-11(2)9-12-7-8-13-5-3-4-6-14(13)10-12;1-10(2)12-8-7-11-5-3-4-6-13(11)9-12/h3-9,11H,10H2,1-2H3;3-8,10-11H,9H2,1-2H3;3-10H,1-2H3. The summed E-state index contributed by atoms with van der Waals surface area (Å²) in [5, 5.41) is 8.11. The van der Waals surface area contributed by atoms with Crippen LogP contribution in [0, 0.1) is 11.8 Å². The molecule has 0 atom stereocenters. The Balaban J connectivity index is 0.000000142. The first-order valence-electron chi connectivity index (χ1n) is 15.2. The third-order valence-corrected chi connectivity index (χ3v) is 7.41. The van der Waals surface area contributed by atoms with Crippen LogP contribution < -0.4 is 0 Å². The van der Waals surface area contributed by atoms with Crippen molar-refractivity contribution in [3.63, 3.8) is 0 Å². The molecule has 0 fully saturated rings. The highest BCUT2D eigenvalue weighted by atomic mass is 14.1. The largest absolute Gasteiger partial charge is 0.0625 e. The summed E-state index contributed by atoms with van der Waals surface area (Å²) >= 11 is 0. The van der Waals surface area contributed by atoms with Crippen molar-refractivity contribution in [1.82, 2.24) is 0 Å². The Morgan fingerprint density at radius 2 is 0.927 bits per heavy atom. The molecule has 41 heavy (non-hydrogen) atoms. The van der Waals surface area contributed by atoms with Crippen LogP contribution in [0.25, 0.3) is 32.3 Å². The Labute approximate surface area is 248 Å². The molecule has 0 aliphatic carbocycles. The summed E-state index contributed by atoms with van der Waals surface area (Å²) in [7, 11) is 0. The van der Waals surface area contributed by atoms with Gasteiger partial charge >= 0.3 is 0 Å². The first-order valence-corrected chi connectivity index (χ1v) is 15.2. The van der Waals surface area contributed by atoms with Crippen molar-refractivity contribution in [3.05, 3.63) is 144 Å². The molecule has 0 amide bonds. The summed E-state index contributed by atoms with van der Waals surface area (Å²) in [5.41, 5.74) is 4.33. The van der Waals surface area contributed by atoms with Gasteiger partial charge in [0.2, 0.25) is 0 Å². The van der Waals surface area contributed by atoms with Gasteiger partial charge in [-0.15, -0.1) is 0 Å². The fourth-order valence-corrected chi connectivity index (χ4v) is 5.31. The van der Waals surface area contributed by atoms with Crippen molar-refractivity contribution < 1.29 is 0 Å². The molecule has 0 spiro atoms. The zero-order valence-electron chi connectivity index (χ0n) is 25.8. The third kappa shape index (κ3) is 8.79. The monoisotopic (exact) mass is 538 g/mol. The van der Waals surface area contributed by atoms with Crippen LogP contribution >= 0.6 is 0 Å². The number of rotatable bonds is 5. The quantitative estimate of drug-likeness (QED) is 0.205. The van der Waals surface area contributed by atoms with Gasteiger partial charge in [0, 0.05) is 0 Å². The molecule has 0 aromatic heterocycles. The molecule has 0 nitrogen and oxygen atoms in total. The molecule has 0 radical (unpaired) electrons. The second-order valence-electron chi connectivity index (χ2n) is 12.3. The highest BCUT2D eigenvalue weighted by Gasteiger charge is 2.02. The molecule has 0 unspecified atom stereocenters. The normalized spacial score (nSPS) is 11.0. The SMILES string of the molecule is CC(C)Cc1ccc2ccccc2c1.CC(C)Cc1cccc2ccccc12.CC(C)c1ccc2ccccc2c1. The molecule has 0 aliphatic rings. The van der Waals surface area contributed by atoms with E-state index in [1.807, 2.05) is 0 Å². The molecule has 6 aromatic carbocycles. The summed E-state index contributed by atoms with van der Waals surface area (Å²) in [6.07, 6.45) is 2.34. The fourth-order valence-electron chi connectivity index (χ4n) is 5.31. The van der Waals surface area contributed by atoms with Crippen molar-refractivity contribution >= 4 is 32.3 Å². The Morgan fingerprint density at radius 3 is 1.54 bits per heavy atom. The van der Waals surface area contributed by atoms with Gasteiger partial charge in [0.1, 0.15) is 0 Å². The van der Waals surface area contributed by atoms with Crippen LogP contribution in [-0.2, 0) is 12.8 Å². The van der Waals surface area contributed by atoms with Crippen molar-refractivity contribution in [3.8, 4) is 0 Å². The molecule has 0 bridgehead atoms. The topological polar surface area (TPSA) is 0 Å². The zero-order chi connectivity index (χ0) is 29.2. The summed E-state index contributed by atoms with van der Waals surface area (Å²) in [5.74, 6) is 2.07. The molecule has 0 N–H and O–H groups in total. The van der Waals surface area contributed by atoms with E-state index in [1.54, 1.807) is 0 Å². The lowest BCUT2D eigenvalue weighted by atomic mass is 9.97. The molecule has 0 saturated heterocycles. The number of hydrogen-bond acceptors (Lipinski definition) is 0. The number of benzene rings is 6. The first-order chi connectivity index (χ1) is 19.8. The Morgan fingerprint density at radius 1 is 0.415 bits per heavy atom. The van der Waals surface area contributed by atoms with Crippen LogP contribution in [0.3, 0.4) is 0 Å². The maximum Gasteiger partial charge on any atom is -0.0152 e. The molecule has 0 heterocycles. The van der Waals surface area contributed by atoms with Gasteiger partial charge < -0.3 is 0 Å². The van der Waals surface area contributed by atoms with E-state index in [0.29, 0.717) is 5.92 Å². The Hall–Kier alpha value is -3.90. The first kappa shape index (κ1) is 30.1. The van der Waals surface area contributed by atoms with Gasteiger partial charge in [-0.25, -0.2) is 0 Å². The van der Waals surface area contributed by atoms with Crippen LogP contribution in [0.5, 0.6) is 0 Å². The van der Waals surface area contributed by atoms with E-state index in [4.69, 9.17) is 0 Å². The van der Waals surface area contributed by atoms with Crippen molar-refractivity contribution in [2.24, 2.45) is 11.8 Å². The Kier molecular flexibility index (Phi) is 10.7. The van der Waals surface area contributed by atoms with Crippen molar-refractivity contribution in [1.29, 1.82) is 0 Å². The predicted octanol–water partition coefficient (Wildman–Crippen LogP) is 12.0. The molecule has 210 valence electrons. The summed E-state index contributed by atoms with van der Waals surface area (Å²) in [6.45, 7) is 13.5. The predicted molar refractivity (Wildman–Crippen MR) is 183 cm³/mol. The minimum Gasteiger partial charge on any atom is -0.0625 e. The van der Waals surface area contributed by atoms with Crippen molar-refractivity contribution in [2.45, 2.75) is 60.3 Å². The number of hydrogen-bond donors (Lipinski definition) is 0. The molecule has 6 aromatic rings. The van der Waals surface area contributed by atoms with Crippen molar-refractivity contribution in [2.75, 3.05) is 0 Å². The third-order valence-electron chi connectivity index (χ3n) is 7.41. The molecule has 0 saturated carbocycles. The van der Waals surface area contributed by atoms with E-state index in [0.717, 1.165) is 11.8 Å². The fraction of sp³-hybridized carbons (Fsp3) is 0.268. The summed E-state index contributed by atoms with van der Waals surface area (Å²) in [4.78, 5) is 0. The van der Waals surface area contributed by atoms with Gasteiger partial charge in [-0.05, 0) is 79.6 Å². The molecule has 0 heteroatoms. The van der Waals surface area contributed by atoms with Gasteiger partial charge in [0.05, 0.1) is 0 Å². The summed E-state index contributed by atoms with van der Waals surface area (Å²) < 4.78 is 0. The van der Waals surface area contributed by atoms with Gasteiger partial charge in [-0.2, -0.15) is 0 Å². The van der Waals surface area contributed by atoms with E-state index >= 15 is 0 Å². The van der Waals surface area contributed by atoms with Crippen LogP contribution in [0.2, 0.25) is 0 Å². The van der Waals surface area contributed by atoms with Crippen LogP contribution in [-0.4, -0.2) is 0 Å².